The SMILES string of the molecule is O=C(NCCCN1CCN(c2ccccc2)CC1)C1CC(=O)N(c2ccccc2)C1. The molecule has 6 heteroatoms. The van der Waals surface area contributed by atoms with Crippen LogP contribution in [0.5, 0.6) is 0 Å². The lowest BCUT2D eigenvalue weighted by Crippen LogP contribution is -2.47. The second-order valence-electron chi connectivity index (χ2n) is 8.05. The van der Waals surface area contributed by atoms with Gasteiger partial charge in [-0.2, -0.15) is 0 Å². The number of benzene rings is 2. The Kier molecular flexibility index (Phi) is 6.64. The van der Waals surface area contributed by atoms with E-state index < -0.39 is 0 Å². The van der Waals surface area contributed by atoms with Crippen molar-refractivity contribution in [3.63, 3.8) is 0 Å². The number of nitrogens with zero attached hydrogens (tertiary/aromatic N) is 3. The highest BCUT2D eigenvalue weighted by molar-refractivity contribution is 6.00. The van der Waals surface area contributed by atoms with Crippen molar-refractivity contribution in [2.24, 2.45) is 5.92 Å². The number of nitrogens with one attached hydrogen (secondary N) is 1. The van der Waals surface area contributed by atoms with Crippen LogP contribution in [0.15, 0.2) is 60.7 Å². The predicted octanol–water partition coefficient (Wildman–Crippen LogP) is 2.37. The average Bonchev–Trinajstić information content (AvgIpc) is 3.20. The minimum atomic E-state index is -0.257. The lowest BCUT2D eigenvalue weighted by atomic mass is 10.1. The van der Waals surface area contributed by atoms with Crippen molar-refractivity contribution in [2.45, 2.75) is 12.8 Å². The minimum absolute atomic E-state index is 0.00400. The lowest BCUT2D eigenvalue weighted by Gasteiger charge is -2.36. The van der Waals surface area contributed by atoms with Crippen LogP contribution in [0.25, 0.3) is 0 Å². The molecule has 2 aromatic carbocycles. The highest BCUT2D eigenvalue weighted by Crippen LogP contribution is 2.24. The molecule has 2 saturated heterocycles. The summed E-state index contributed by atoms with van der Waals surface area (Å²) >= 11 is 0. The molecule has 0 spiro atoms. The first-order valence-electron chi connectivity index (χ1n) is 10.9. The maximum absolute atomic E-state index is 12.5. The van der Waals surface area contributed by atoms with Crippen molar-refractivity contribution in [3.8, 4) is 0 Å². The summed E-state index contributed by atoms with van der Waals surface area (Å²) in [5, 5.41) is 3.04. The quantitative estimate of drug-likeness (QED) is 0.718. The topological polar surface area (TPSA) is 55.9 Å². The van der Waals surface area contributed by atoms with Gasteiger partial charge >= 0.3 is 0 Å². The summed E-state index contributed by atoms with van der Waals surface area (Å²) in [6.07, 6.45) is 1.22. The van der Waals surface area contributed by atoms with Crippen LogP contribution in [-0.2, 0) is 9.59 Å². The third kappa shape index (κ3) is 5.00. The van der Waals surface area contributed by atoms with Crippen LogP contribution < -0.4 is 15.1 Å². The van der Waals surface area contributed by atoms with Crippen LogP contribution in [0.1, 0.15) is 12.8 Å². The Morgan fingerprint density at radius 3 is 2.20 bits per heavy atom. The standard InChI is InChI=1S/C24H30N4O2/c29-23-18-20(19-28(23)22-10-5-2-6-11-22)24(30)25-12-7-13-26-14-16-27(17-15-26)21-8-3-1-4-9-21/h1-6,8-11,20H,7,12-19H2,(H,25,30). The van der Waals surface area contributed by atoms with Gasteiger partial charge in [-0.3, -0.25) is 14.5 Å². The Morgan fingerprint density at radius 1 is 0.900 bits per heavy atom. The first kappa shape index (κ1) is 20.4. The van der Waals surface area contributed by atoms with Crippen LogP contribution in [0.2, 0.25) is 0 Å². The van der Waals surface area contributed by atoms with Gasteiger partial charge in [-0.15, -0.1) is 0 Å². The fourth-order valence-corrected chi connectivity index (χ4v) is 4.27. The molecule has 0 bridgehead atoms. The van der Waals surface area contributed by atoms with E-state index in [2.05, 4.69) is 45.4 Å². The molecule has 2 aromatic rings. The van der Waals surface area contributed by atoms with Crippen molar-refractivity contribution >= 4 is 23.2 Å². The zero-order valence-corrected chi connectivity index (χ0v) is 17.4. The zero-order valence-electron chi connectivity index (χ0n) is 17.4. The summed E-state index contributed by atoms with van der Waals surface area (Å²) in [5.41, 5.74) is 2.16. The Balaban J connectivity index is 1.14. The number of hydrogen-bond acceptors (Lipinski definition) is 4. The van der Waals surface area contributed by atoms with Gasteiger partial charge in [0.1, 0.15) is 0 Å². The van der Waals surface area contributed by atoms with E-state index in [1.165, 1.54) is 5.69 Å². The molecule has 2 fully saturated rings. The molecule has 0 aromatic heterocycles. The van der Waals surface area contributed by atoms with E-state index in [0.29, 0.717) is 19.5 Å². The second kappa shape index (κ2) is 9.76. The Hall–Kier alpha value is -2.86. The van der Waals surface area contributed by atoms with Gasteiger partial charge < -0.3 is 15.1 Å². The Morgan fingerprint density at radius 2 is 1.53 bits per heavy atom. The molecule has 4 rings (SSSR count). The third-order valence-corrected chi connectivity index (χ3v) is 6.01. The summed E-state index contributed by atoms with van der Waals surface area (Å²) in [4.78, 5) is 31.4. The Labute approximate surface area is 178 Å². The first-order valence-corrected chi connectivity index (χ1v) is 10.9. The number of carbonyl (C=O) groups excluding carboxylic acids is 2. The van der Waals surface area contributed by atoms with Crippen LogP contribution in [0.3, 0.4) is 0 Å². The fraction of sp³-hybridized carbons (Fsp3) is 0.417. The molecule has 158 valence electrons. The highest BCUT2D eigenvalue weighted by Gasteiger charge is 2.34. The molecule has 2 heterocycles. The van der Waals surface area contributed by atoms with Crippen LogP contribution in [-0.4, -0.2) is 62.5 Å². The maximum atomic E-state index is 12.5. The van der Waals surface area contributed by atoms with E-state index in [9.17, 15) is 9.59 Å². The van der Waals surface area contributed by atoms with Gasteiger partial charge in [0.05, 0.1) is 5.92 Å². The van der Waals surface area contributed by atoms with Gasteiger partial charge in [0.25, 0.3) is 0 Å². The van der Waals surface area contributed by atoms with E-state index in [1.807, 2.05) is 30.3 Å². The number of para-hydroxylation sites is 2. The normalized spacial score (nSPS) is 19.9. The van der Waals surface area contributed by atoms with Crippen molar-refractivity contribution in [1.29, 1.82) is 0 Å². The third-order valence-electron chi connectivity index (χ3n) is 6.01. The molecule has 0 saturated carbocycles. The minimum Gasteiger partial charge on any atom is -0.369 e. The highest BCUT2D eigenvalue weighted by atomic mass is 16.2. The number of hydrogen-bond donors (Lipinski definition) is 1. The van der Waals surface area contributed by atoms with Crippen molar-refractivity contribution in [3.05, 3.63) is 60.7 Å². The number of amides is 2. The fourth-order valence-electron chi connectivity index (χ4n) is 4.27. The predicted molar refractivity (Wildman–Crippen MR) is 120 cm³/mol. The molecule has 1 atom stereocenters. The summed E-state index contributed by atoms with van der Waals surface area (Å²) in [5.74, 6) is -0.236. The number of rotatable bonds is 7. The van der Waals surface area contributed by atoms with E-state index in [-0.39, 0.29) is 17.7 Å². The largest absolute Gasteiger partial charge is 0.369 e. The van der Waals surface area contributed by atoms with Gasteiger partial charge in [0.2, 0.25) is 11.8 Å². The molecule has 30 heavy (non-hydrogen) atoms. The molecule has 1 unspecified atom stereocenters. The van der Waals surface area contributed by atoms with Crippen LogP contribution in [0, 0.1) is 5.92 Å². The first-order chi connectivity index (χ1) is 14.7. The molecule has 2 amide bonds. The van der Waals surface area contributed by atoms with Crippen LogP contribution in [0.4, 0.5) is 11.4 Å². The van der Waals surface area contributed by atoms with Crippen molar-refractivity contribution in [1.82, 2.24) is 10.2 Å². The van der Waals surface area contributed by atoms with Crippen LogP contribution >= 0.6 is 0 Å². The molecule has 2 aliphatic heterocycles. The van der Waals surface area contributed by atoms with E-state index in [1.54, 1.807) is 4.90 Å². The van der Waals surface area contributed by atoms with E-state index >= 15 is 0 Å². The average molecular weight is 407 g/mol. The summed E-state index contributed by atoms with van der Waals surface area (Å²) in [7, 11) is 0. The van der Waals surface area contributed by atoms with Gasteiger partial charge in [-0.05, 0) is 37.2 Å². The van der Waals surface area contributed by atoms with Gasteiger partial charge in [-0.25, -0.2) is 0 Å². The summed E-state index contributed by atoms with van der Waals surface area (Å²) in [6.45, 7) is 6.29. The van der Waals surface area contributed by atoms with Gasteiger partial charge in [0, 0.05) is 57.1 Å². The number of anilines is 2. The molecule has 0 radical (unpaired) electrons. The zero-order chi connectivity index (χ0) is 20.8. The summed E-state index contributed by atoms with van der Waals surface area (Å²) in [6, 6.07) is 20.1. The molecule has 6 nitrogen and oxygen atoms in total. The van der Waals surface area contributed by atoms with Gasteiger partial charge in [-0.1, -0.05) is 36.4 Å². The number of piperazine rings is 1. The summed E-state index contributed by atoms with van der Waals surface area (Å²) < 4.78 is 0. The monoisotopic (exact) mass is 406 g/mol. The Bertz CT molecular complexity index is 835. The molecule has 2 aliphatic rings. The van der Waals surface area contributed by atoms with Crippen molar-refractivity contribution < 1.29 is 9.59 Å². The second-order valence-corrected chi connectivity index (χ2v) is 8.05. The molecular weight excluding hydrogens is 376 g/mol. The maximum Gasteiger partial charge on any atom is 0.227 e. The van der Waals surface area contributed by atoms with Gasteiger partial charge in [0.15, 0.2) is 0 Å². The van der Waals surface area contributed by atoms with Crippen molar-refractivity contribution in [2.75, 3.05) is 55.6 Å². The molecule has 1 N–H and O–H groups in total. The molecular formula is C24H30N4O2. The molecule has 0 aliphatic carbocycles. The van der Waals surface area contributed by atoms with E-state index in [4.69, 9.17) is 0 Å². The number of carbonyl (C=O) groups is 2. The lowest BCUT2D eigenvalue weighted by molar-refractivity contribution is -0.126. The van der Waals surface area contributed by atoms with E-state index in [0.717, 1.165) is 44.8 Å². The smallest absolute Gasteiger partial charge is 0.227 e.